The molecule has 0 amide bonds. The summed E-state index contributed by atoms with van der Waals surface area (Å²) >= 11 is 0. The molecule has 1 saturated carbocycles. The normalized spacial score (nSPS) is 29.9. The smallest absolute Gasteiger partial charge is 0.278 e. The summed E-state index contributed by atoms with van der Waals surface area (Å²) in [4.78, 5) is 13.6. The van der Waals surface area contributed by atoms with Crippen molar-refractivity contribution in [3.8, 4) is 6.07 Å². The van der Waals surface area contributed by atoms with E-state index in [-0.39, 0.29) is 11.6 Å². The van der Waals surface area contributed by atoms with Gasteiger partial charge in [-0.1, -0.05) is 44.0 Å². The number of halogens is 3. The Morgan fingerprint density at radius 1 is 1.02 bits per heavy atom. The molecule has 2 aromatic rings. The van der Waals surface area contributed by atoms with Gasteiger partial charge in [0.15, 0.2) is 0 Å². The summed E-state index contributed by atoms with van der Waals surface area (Å²) in [6.45, 7) is 11.7. The van der Waals surface area contributed by atoms with Gasteiger partial charge in [0, 0.05) is 35.8 Å². The number of piperidine rings is 1. The molecule has 5 heterocycles. The number of hydrogen-bond acceptors (Lipinski definition) is 6. The van der Waals surface area contributed by atoms with E-state index in [4.69, 9.17) is 0 Å². The van der Waals surface area contributed by atoms with Crippen LogP contribution in [0.5, 0.6) is 0 Å². The molecule has 9 heteroatoms. The van der Waals surface area contributed by atoms with Crippen LogP contribution >= 0.6 is 0 Å². The van der Waals surface area contributed by atoms with Crippen LogP contribution in [0, 0.1) is 28.5 Å². The maximum atomic E-state index is 16.1. The quantitative estimate of drug-likeness (QED) is 0.353. The van der Waals surface area contributed by atoms with Crippen molar-refractivity contribution in [1.29, 1.82) is 5.26 Å². The summed E-state index contributed by atoms with van der Waals surface area (Å²) in [6.07, 6.45) is 10.8. The third-order valence-electron chi connectivity index (χ3n) is 10.5. The zero-order valence-electron chi connectivity index (χ0n) is 26.1. The van der Waals surface area contributed by atoms with Crippen LogP contribution in [-0.2, 0) is 5.92 Å². The van der Waals surface area contributed by atoms with E-state index in [1.54, 1.807) is 13.0 Å². The second-order valence-electron chi connectivity index (χ2n) is 13.4. The molecule has 1 saturated heterocycles. The lowest BCUT2D eigenvalue weighted by Gasteiger charge is -2.43. The predicted molar refractivity (Wildman–Crippen MR) is 168 cm³/mol. The number of allylic oxidation sites excluding steroid dienone is 1. The van der Waals surface area contributed by atoms with Crippen LogP contribution in [0.2, 0.25) is 0 Å². The fraction of sp³-hybridized carbons (Fsp3) is 0.571. The lowest BCUT2D eigenvalue weighted by atomic mass is 9.82. The number of hydrogen-bond donors (Lipinski definition) is 1. The summed E-state index contributed by atoms with van der Waals surface area (Å²) in [5.41, 5.74) is 1.43. The Balaban J connectivity index is 1.40. The van der Waals surface area contributed by atoms with Gasteiger partial charge < -0.3 is 10.2 Å². The van der Waals surface area contributed by atoms with Gasteiger partial charge >= 0.3 is 0 Å². The Morgan fingerprint density at radius 2 is 1.80 bits per heavy atom. The highest BCUT2D eigenvalue weighted by Crippen LogP contribution is 2.56. The van der Waals surface area contributed by atoms with Crippen LogP contribution in [0.15, 0.2) is 42.4 Å². The summed E-state index contributed by atoms with van der Waals surface area (Å²) in [6, 6.07) is 6.49. The van der Waals surface area contributed by atoms with E-state index in [2.05, 4.69) is 44.7 Å². The number of benzene rings is 1. The van der Waals surface area contributed by atoms with E-state index in [9.17, 15) is 5.26 Å². The van der Waals surface area contributed by atoms with E-state index >= 15 is 13.2 Å². The summed E-state index contributed by atoms with van der Waals surface area (Å²) in [5.74, 6) is -3.92. The van der Waals surface area contributed by atoms with E-state index in [1.165, 1.54) is 18.5 Å². The molecular weight excluding hydrogens is 561 g/mol. The fourth-order valence-corrected chi connectivity index (χ4v) is 7.62. The average Bonchev–Trinajstić information content (AvgIpc) is 3.80. The Morgan fingerprint density at radius 3 is 2.52 bits per heavy atom. The van der Waals surface area contributed by atoms with Gasteiger partial charge in [0.2, 0.25) is 0 Å². The lowest BCUT2D eigenvalue weighted by molar-refractivity contribution is -0.100. The van der Waals surface area contributed by atoms with E-state index < -0.39 is 34.7 Å². The van der Waals surface area contributed by atoms with E-state index in [0.717, 1.165) is 56.2 Å². The summed E-state index contributed by atoms with van der Waals surface area (Å²) in [5, 5.41) is 13.4. The zero-order chi connectivity index (χ0) is 31.2. The number of nitrogens with zero attached hydrogens (tertiary/aromatic N) is 5. The predicted octanol–water partition coefficient (Wildman–Crippen LogP) is 8.35. The molecule has 0 radical (unpaired) electrons. The number of nitrogens with one attached hydrogen (secondary N) is 1. The minimum Gasteiger partial charge on any atom is -0.363 e. The number of nitriles is 1. The molecule has 4 aliphatic heterocycles. The van der Waals surface area contributed by atoms with E-state index in [1.807, 2.05) is 13.0 Å². The van der Waals surface area contributed by atoms with Crippen LogP contribution in [0.3, 0.4) is 0 Å². The molecule has 2 fully saturated rings. The molecule has 0 spiro atoms. The van der Waals surface area contributed by atoms with Crippen molar-refractivity contribution in [2.24, 2.45) is 11.3 Å². The fourth-order valence-electron chi connectivity index (χ4n) is 7.62. The van der Waals surface area contributed by atoms with Gasteiger partial charge in [-0.15, -0.1) is 0 Å². The van der Waals surface area contributed by atoms with Crippen molar-refractivity contribution in [1.82, 2.24) is 14.9 Å². The standard InChI is InChI=1S/C35H43F3N6/c1-22-10-7-5-6-8-16-44-25(4)30(34(20-39)14-15-34)19-28-32(40-21-41-33(28)44)42-24(3)27-11-9-12-29(31(27)36)35(37,38)26-13-17-43(22)23(2)18-26/h9,11-12,19,21-24,26H,4-8,10,13-18H2,1-3H3,(H,40,41,42)/t22?,23?,24-,26?/m1/s1. The molecule has 5 atom stereocenters. The molecule has 1 aliphatic carbocycles. The monoisotopic (exact) mass is 604 g/mol. The Hall–Kier alpha value is -3.38. The Bertz CT molecular complexity index is 1490. The first-order valence-corrected chi connectivity index (χ1v) is 16.2. The van der Waals surface area contributed by atoms with Crippen LogP contribution < -0.4 is 10.2 Å². The molecule has 6 nitrogen and oxygen atoms in total. The average molecular weight is 605 g/mol. The zero-order valence-corrected chi connectivity index (χ0v) is 26.1. The molecule has 8 bridgehead atoms. The highest BCUT2D eigenvalue weighted by atomic mass is 19.3. The molecule has 1 N–H and O–H groups in total. The van der Waals surface area contributed by atoms with Gasteiger partial charge in [-0.2, -0.15) is 5.26 Å². The van der Waals surface area contributed by atoms with Crippen molar-refractivity contribution >= 4 is 17.7 Å². The molecule has 1 aromatic carbocycles. The second kappa shape index (κ2) is 11.8. The van der Waals surface area contributed by atoms with Crippen molar-refractivity contribution < 1.29 is 13.2 Å². The van der Waals surface area contributed by atoms with Crippen LogP contribution in [-0.4, -0.2) is 40.0 Å². The molecule has 5 aliphatic rings. The molecule has 1 aromatic heterocycles. The first kappa shape index (κ1) is 30.6. The minimum atomic E-state index is -3.29. The topological polar surface area (TPSA) is 68.1 Å². The van der Waals surface area contributed by atoms with Crippen LogP contribution in [0.4, 0.5) is 24.8 Å². The van der Waals surface area contributed by atoms with Gasteiger partial charge in [0.1, 0.15) is 23.8 Å². The van der Waals surface area contributed by atoms with Gasteiger partial charge in [0.25, 0.3) is 5.92 Å². The molecule has 234 valence electrons. The van der Waals surface area contributed by atoms with Gasteiger partial charge in [-0.3, -0.25) is 4.90 Å². The summed E-state index contributed by atoms with van der Waals surface area (Å²) in [7, 11) is 0. The van der Waals surface area contributed by atoms with Gasteiger partial charge in [-0.25, -0.2) is 23.1 Å². The third-order valence-corrected chi connectivity index (χ3v) is 10.5. The van der Waals surface area contributed by atoms with Crippen LogP contribution in [0.25, 0.3) is 6.08 Å². The molecule has 44 heavy (non-hydrogen) atoms. The number of fused-ring (bicyclic) bond motifs is 9. The Kier molecular flexibility index (Phi) is 8.25. The third kappa shape index (κ3) is 5.40. The molecule has 7 rings (SSSR count). The van der Waals surface area contributed by atoms with Gasteiger partial charge in [-0.05, 0) is 77.5 Å². The van der Waals surface area contributed by atoms with Gasteiger partial charge in [0.05, 0.1) is 28.7 Å². The first-order chi connectivity index (χ1) is 21.1. The maximum absolute atomic E-state index is 16.1. The first-order valence-electron chi connectivity index (χ1n) is 16.2. The highest BCUT2D eigenvalue weighted by molar-refractivity contribution is 5.84. The number of rotatable bonds is 1. The summed E-state index contributed by atoms with van der Waals surface area (Å²) < 4.78 is 48.2. The molecular formula is C35H43F3N6. The number of alkyl halides is 2. The molecule has 4 unspecified atom stereocenters. The lowest BCUT2D eigenvalue weighted by Crippen LogP contribution is -2.48. The van der Waals surface area contributed by atoms with Crippen LogP contribution in [0.1, 0.15) is 101 Å². The van der Waals surface area contributed by atoms with Crippen molar-refractivity contribution in [3.05, 3.63) is 64.9 Å². The van der Waals surface area contributed by atoms with Crippen molar-refractivity contribution in [3.63, 3.8) is 0 Å². The Labute approximate surface area is 259 Å². The largest absolute Gasteiger partial charge is 0.363 e. The minimum absolute atomic E-state index is 0.00454. The maximum Gasteiger partial charge on any atom is 0.278 e. The van der Waals surface area contributed by atoms with Crippen molar-refractivity contribution in [2.75, 3.05) is 23.3 Å². The van der Waals surface area contributed by atoms with Crippen molar-refractivity contribution in [2.45, 2.75) is 103 Å². The van der Waals surface area contributed by atoms with E-state index in [0.29, 0.717) is 49.2 Å². The second-order valence-corrected chi connectivity index (χ2v) is 13.4. The number of aromatic nitrogens is 2. The number of anilines is 2. The highest BCUT2D eigenvalue weighted by Gasteiger charge is 2.50. The SMILES string of the molecule is C=C1C(C2(C#N)CC2)=Cc2c3ncnc2N1CCCCCCC(C)N1CCC(CC1C)C(F)(F)c1cccc(c1F)[C@@H](C)N3.